The highest BCUT2D eigenvalue weighted by Gasteiger charge is 2.13. The molecule has 0 saturated carbocycles. The Balaban J connectivity index is 1.76. The number of carbonyl (C=O) groups excluding carboxylic acids is 1. The van der Waals surface area contributed by atoms with E-state index in [1.807, 2.05) is 36.4 Å². The Morgan fingerprint density at radius 3 is 2.50 bits per heavy atom. The fourth-order valence-electron chi connectivity index (χ4n) is 2.70. The van der Waals surface area contributed by atoms with Crippen LogP contribution < -0.4 is 14.8 Å². The molecule has 1 N–H and O–H groups in total. The first-order valence-electron chi connectivity index (χ1n) is 9.13. The average Bonchev–Trinajstić information content (AvgIpc) is 2.78. The molecule has 150 valence electrons. The third-order valence-corrected chi connectivity index (χ3v) is 4.22. The lowest BCUT2D eigenvalue weighted by molar-refractivity contribution is -0.112. The average molecular weight is 402 g/mol. The van der Waals surface area contributed by atoms with Crippen molar-refractivity contribution in [1.82, 2.24) is 0 Å². The maximum atomic E-state index is 13.7. The van der Waals surface area contributed by atoms with E-state index in [1.165, 1.54) is 31.4 Å². The highest BCUT2D eigenvalue weighted by atomic mass is 19.1. The van der Waals surface area contributed by atoms with Crippen LogP contribution in [0.3, 0.4) is 0 Å². The first-order chi connectivity index (χ1) is 14.6. The van der Waals surface area contributed by atoms with Crippen LogP contribution in [0.15, 0.2) is 78.4 Å². The molecule has 0 heterocycles. The molecule has 0 aliphatic carbocycles. The number of nitrogens with zero attached hydrogens (tertiary/aromatic N) is 1. The number of rotatable bonds is 7. The second kappa shape index (κ2) is 9.89. The highest BCUT2D eigenvalue weighted by Crippen LogP contribution is 2.29. The van der Waals surface area contributed by atoms with Gasteiger partial charge < -0.3 is 14.8 Å². The van der Waals surface area contributed by atoms with Crippen LogP contribution in [0.2, 0.25) is 0 Å². The van der Waals surface area contributed by atoms with E-state index >= 15 is 0 Å². The molecular formula is C24H19FN2O3. The molecule has 3 rings (SSSR count). The zero-order valence-electron chi connectivity index (χ0n) is 16.3. The molecule has 0 aromatic heterocycles. The van der Waals surface area contributed by atoms with Crippen molar-refractivity contribution in [2.45, 2.75) is 6.61 Å². The summed E-state index contributed by atoms with van der Waals surface area (Å²) in [7, 11) is 1.51. The number of hydrogen-bond donors (Lipinski definition) is 1. The quantitative estimate of drug-likeness (QED) is 0.448. The summed E-state index contributed by atoms with van der Waals surface area (Å²) in [5.74, 6) is -0.282. The van der Waals surface area contributed by atoms with Crippen LogP contribution in [-0.4, -0.2) is 13.0 Å². The first kappa shape index (κ1) is 20.6. The van der Waals surface area contributed by atoms with Gasteiger partial charge in [-0.1, -0.05) is 48.5 Å². The minimum atomic E-state index is -0.703. The van der Waals surface area contributed by atoms with Crippen molar-refractivity contribution >= 4 is 17.7 Å². The van der Waals surface area contributed by atoms with E-state index in [-0.39, 0.29) is 11.3 Å². The Bertz CT molecular complexity index is 1100. The largest absolute Gasteiger partial charge is 0.493 e. The number of hydrogen-bond acceptors (Lipinski definition) is 4. The minimum absolute atomic E-state index is 0.00545. The molecular weight excluding hydrogens is 383 g/mol. The standard InChI is InChI=1S/C24H19FN2O3/c1-29-23-14-18(11-12-22(23)30-16-17-7-3-2-4-8-17)13-19(15-26)24(28)27-21-10-6-5-9-20(21)25/h2-14H,16H2,1H3,(H,27,28). The monoisotopic (exact) mass is 402 g/mol. The Labute approximate surface area is 174 Å². The zero-order chi connectivity index (χ0) is 21.3. The third-order valence-electron chi connectivity index (χ3n) is 4.22. The predicted octanol–water partition coefficient (Wildman–Crippen LogP) is 4.96. The van der Waals surface area contributed by atoms with Crippen LogP contribution in [0.1, 0.15) is 11.1 Å². The van der Waals surface area contributed by atoms with Gasteiger partial charge in [0.05, 0.1) is 12.8 Å². The number of amides is 1. The van der Waals surface area contributed by atoms with Gasteiger partial charge in [-0.25, -0.2) is 4.39 Å². The van der Waals surface area contributed by atoms with Crippen molar-refractivity contribution in [3.8, 4) is 17.6 Å². The van der Waals surface area contributed by atoms with E-state index in [4.69, 9.17) is 9.47 Å². The smallest absolute Gasteiger partial charge is 0.266 e. The second-order valence-electron chi connectivity index (χ2n) is 6.29. The summed E-state index contributed by atoms with van der Waals surface area (Å²) in [5, 5.41) is 11.8. The van der Waals surface area contributed by atoms with Crippen LogP contribution in [0, 0.1) is 17.1 Å². The van der Waals surface area contributed by atoms with Crippen LogP contribution >= 0.6 is 0 Å². The SMILES string of the molecule is COc1cc(C=C(C#N)C(=O)Nc2ccccc2F)ccc1OCc1ccccc1. The van der Waals surface area contributed by atoms with Crippen molar-refractivity contribution < 1.29 is 18.7 Å². The molecule has 0 saturated heterocycles. The number of halogens is 1. The van der Waals surface area contributed by atoms with Gasteiger partial charge in [-0.3, -0.25) is 4.79 Å². The molecule has 0 radical (unpaired) electrons. The normalized spacial score (nSPS) is 10.8. The fourth-order valence-corrected chi connectivity index (χ4v) is 2.70. The minimum Gasteiger partial charge on any atom is -0.493 e. The maximum absolute atomic E-state index is 13.7. The number of anilines is 1. The third kappa shape index (κ3) is 5.24. The van der Waals surface area contributed by atoms with Crippen molar-refractivity contribution in [3.05, 3.63) is 95.3 Å². The molecule has 6 heteroatoms. The van der Waals surface area contributed by atoms with Gasteiger partial charge in [-0.15, -0.1) is 0 Å². The van der Waals surface area contributed by atoms with Gasteiger partial charge >= 0.3 is 0 Å². The molecule has 5 nitrogen and oxygen atoms in total. The molecule has 3 aromatic rings. The van der Waals surface area contributed by atoms with E-state index in [1.54, 1.807) is 24.3 Å². The van der Waals surface area contributed by atoms with Crippen molar-refractivity contribution in [1.29, 1.82) is 5.26 Å². The Kier molecular flexibility index (Phi) is 6.80. The maximum Gasteiger partial charge on any atom is 0.266 e. The highest BCUT2D eigenvalue weighted by molar-refractivity contribution is 6.09. The molecule has 0 bridgehead atoms. The molecule has 0 spiro atoms. The molecule has 0 fully saturated rings. The molecule has 0 aliphatic rings. The van der Waals surface area contributed by atoms with Crippen molar-refractivity contribution in [3.63, 3.8) is 0 Å². The number of carbonyl (C=O) groups is 1. The van der Waals surface area contributed by atoms with Crippen LogP contribution in [0.25, 0.3) is 6.08 Å². The summed E-state index contributed by atoms with van der Waals surface area (Å²) in [4.78, 5) is 12.4. The lowest BCUT2D eigenvalue weighted by atomic mass is 10.1. The summed E-state index contributed by atoms with van der Waals surface area (Å²) >= 11 is 0. The lowest BCUT2D eigenvalue weighted by Crippen LogP contribution is -2.14. The van der Waals surface area contributed by atoms with Crippen molar-refractivity contribution in [2.75, 3.05) is 12.4 Å². The number of para-hydroxylation sites is 1. The number of methoxy groups -OCH3 is 1. The molecule has 30 heavy (non-hydrogen) atoms. The van der Waals surface area contributed by atoms with Crippen LogP contribution in [-0.2, 0) is 11.4 Å². The lowest BCUT2D eigenvalue weighted by Gasteiger charge is -2.11. The molecule has 1 amide bonds. The van der Waals surface area contributed by atoms with E-state index in [0.29, 0.717) is 23.7 Å². The Morgan fingerprint density at radius 1 is 1.07 bits per heavy atom. The summed E-state index contributed by atoms with van der Waals surface area (Å²) in [6.07, 6.45) is 1.40. The van der Waals surface area contributed by atoms with Gasteiger partial charge in [0.15, 0.2) is 11.5 Å². The number of nitrogens with one attached hydrogen (secondary N) is 1. The summed E-state index contributed by atoms with van der Waals surface area (Å²) in [6, 6.07) is 22.4. The Morgan fingerprint density at radius 2 is 1.80 bits per heavy atom. The summed E-state index contributed by atoms with van der Waals surface area (Å²) in [5.41, 5.74) is 1.42. The molecule has 0 unspecified atom stereocenters. The van der Waals surface area contributed by atoms with Gasteiger partial charge in [-0.2, -0.15) is 5.26 Å². The molecule has 0 atom stereocenters. The molecule has 0 aliphatic heterocycles. The summed E-state index contributed by atoms with van der Waals surface area (Å²) in [6.45, 7) is 0.376. The van der Waals surface area contributed by atoms with Crippen LogP contribution in [0.5, 0.6) is 11.5 Å². The van der Waals surface area contributed by atoms with Gasteiger partial charge in [-0.05, 0) is 41.5 Å². The Hall–Kier alpha value is -4.11. The van der Waals surface area contributed by atoms with Gasteiger partial charge in [0.1, 0.15) is 24.1 Å². The van der Waals surface area contributed by atoms with E-state index < -0.39 is 11.7 Å². The number of benzene rings is 3. The summed E-state index contributed by atoms with van der Waals surface area (Å²) < 4.78 is 24.9. The first-order valence-corrected chi connectivity index (χ1v) is 9.13. The van der Waals surface area contributed by atoms with Crippen molar-refractivity contribution in [2.24, 2.45) is 0 Å². The van der Waals surface area contributed by atoms with Gasteiger partial charge in [0, 0.05) is 0 Å². The second-order valence-corrected chi connectivity index (χ2v) is 6.29. The van der Waals surface area contributed by atoms with E-state index in [2.05, 4.69) is 5.32 Å². The van der Waals surface area contributed by atoms with E-state index in [9.17, 15) is 14.4 Å². The van der Waals surface area contributed by atoms with Gasteiger partial charge in [0.25, 0.3) is 5.91 Å². The topological polar surface area (TPSA) is 71.3 Å². The van der Waals surface area contributed by atoms with E-state index in [0.717, 1.165) is 5.56 Å². The molecule has 3 aromatic carbocycles. The fraction of sp³-hybridized carbons (Fsp3) is 0.0833. The van der Waals surface area contributed by atoms with Gasteiger partial charge in [0.2, 0.25) is 0 Å². The predicted molar refractivity (Wildman–Crippen MR) is 112 cm³/mol. The van der Waals surface area contributed by atoms with Crippen LogP contribution in [0.4, 0.5) is 10.1 Å². The zero-order valence-corrected chi connectivity index (χ0v) is 16.3. The number of ether oxygens (including phenoxy) is 2. The number of nitriles is 1.